The summed E-state index contributed by atoms with van der Waals surface area (Å²) in [6, 6.07) is 15.0. The summed E-state index contributed by atoms with van der Waals surface area (Å²) in [5.74, 6) is 0.928. The Morgan fingerprint density at radius 1 is 1.03 bits per heavy atom. The van der Waals surface area contributed by atoms with E-state index in [9.17, 15) is 4.79 Å². The molecule has 1 aliphatic rings. The van der Waals surface area contributed by atoms with E-state index in [0.717, 1.165) is 15.8 Å². The van der Waals surface area contributed by atoms with E-state index in [0.29, 0.717) is 39.8 Å². The molecule has 0 spiro atoms. The van der Waals surface area contributed by atoms with Crippen molar-refractivity contribution in [1.29, 1.82) is 0 Å². The zero-order valence-corrected chi connectivity index (χ0v) is 17.7. The first-order valence-corrected chi connectivity index (χ1v) is 11.1. The Bertz CT molecular complexity index is 1720. The van der Waals surface area contributed by atoms with Crippen LogP contribution in [0.5, 0.6) is 11.6 Å². The van der Waals surface area contributed by atoms with Crippen molar-refractivity contribution in [2.75, 3.05) is 0 Å². The molecule has 6 heterocycles. The molecule has 0 saturated carbocycles. The summed E-state index contributed by atoms with van der Waals surface area (Å²) in [5, 5.41) is 7.28. The van der Waals surface area contributed by atoms with E-state index in [1.165, 1.54) is 0 Å². The van der Waals surface area contributed by atoms with Gasteiger partial charge in [0, 0.05) is 22.8 Å². The second kappa shape index (κ2) is 6.81. The number of pyridine rings is 1. The van der Waals surface area contributed by atoms with Crippen molar-refractivity contribution in [2.24, 2.45) is 0 Å². The number of rotatable bonds is 2. The number of ether oxygens (including phenoxy) is 1. The standard InChI is InChI=1S/C24H13N5O3S/c30-24-18-17(16-8-4-10-33-16)19-22-27-21(13-5-3-9-25-11-13)28-29(22)12-26-23(19)32-20(18)14-6-1-2-7-15(14)31-24/h1-12,17H. The highest BCUT2D eigenvalue weighted by Gasteiger charge is 2.38. The molecule has 0 amide bonds. The molecule has 7 rings (SSSR count). The molecule has 33 heavy (non-hydrogen) atoms. The van der Waals surface area contributed by atoms with Gasteiger partial charge in [-0.1, -0.05) is 18.2 Å². The molecule has 8 nitrogen and oxygen atoms in total. The van der Waals surface area contributed by atoms with Crippen LogP contribution >= 0.6 is 11.3 Å². The highest BCUT2D eigenvalue weighted by molar-refractivity contribution is 7.10. The Morgan fingerprint density at radius 2 is 1.97 bits per heavy atom. The van der Waals surface area contributed by atoms with Crippen LogP contribution in [0.15, 0.2) is 81.8 Å². The fourth-order valence-electron chi connectivity index (χ4n) is 4.29. The van der Waals surface area contributed by atoms with Crippen LogP contribution in [0.2, 0.25) is 0 Å². The van der Waals surface area contributed by atoms with Gasteiger partial charge in [-0.3, -0.25) is 4.98 Å². The highest BCUT2D eigenvalue weighted by Crippen LogP contribution is 2.49. The van der Waals surface area contributed by atoms with Crippen molar-refractivity contribution in [3.63, 3.8) is 0 Å². The zero-order chi connectivity index (χ0) is 21.9. The summed E-state index contributed by atoms with van der Waals surface area (Å²) in [6.07, 6.45) is 4.98. The number of hydrogen-bond acceptors (Lipinski definition) is 8. The van der Waals surface area contributed by atoms with Gasteiger partial charge in [0.1, 0.15) is 11.9 Å². The van der Waals surface area contributed by atoms with E-state index in [2.05, 4.69) is 15.1 Å². The second-order valence-corrected chi connectivity index (χ2v) is 8.57. The van der Waals surface area contributed by atoms with Crippen LogP contribution < -0.4 is 10.4 Å². The molecule has 0 radical (unpaired) electrons. The van der Waals surface area contributed by atoms with Crippen molar-refractivity contribution in [3.8, 4) is 23.0 Å². The number of para-hydroxylation sites is 1. The second-order valence-electron chi connectivity index (χ2n) is 7.59. The molecule has 1 aliphatic heterocycles. The van der Waals surface area contributed by atoms with Crippen LogP contribution in [0.1, 0.15) is 21.9 Å². The molecule has 0 bridgehead atoms. The van der Waals surface area contributed by atoms with Crippen molar-refractivity contribution >= 4 is 28.0 Å². The zero-order valence-electron chi connectivity index (χ0n) is 16.9. The lowest BCUT2D eigenvalue weighted by molar-refractivity contribution is 0.423. The third kappa shape index (κ3) is 2.66. The molecule has 1 unspecified atom stereocenters. The van der Waals surface area contributed by atoms with Crippen LogP contribution in [-0.2, 0) is 0 Å². The molecule has 9 heteroatoms. The average molecular weight is 451 g/mol. The van der Waals surface area contributed by atoms with Gasteiger partial charge in [-0.05, 0) is 35.7 Å². The van der Waals surface area contributed by atoms with Gasteiger partial charge in [0.05, 0.1) is 22.4 Å². The lowest BCUT2D eigenvalue weighted by atomic mass is 9.88. The Labute approximate surface area is 189 Å². The third-order valence-electron chi connectivity index (χ3n) is 5.71. The first-order valence-electron chi connectivity index (χ1n) is 10.2. The summed E-state index contributed by atoms with van der Waals surface area (Å²) in [4.78, 5) is 27.7. The minimum Gasteiger partial charge on any atom is -0.437 e. The number of benzene rings is 1. The fourth-order valence-corrected chi connectivity index (χ4v) is 5.13. The Hall–Kier alpha value is -4.37. The maximum Gasteiger partial charge on any atom is 0.344 e. The minimum atomic E-state index is -0.452. The molecule has 6 aromatic rings. The average Bonchev–Trinajstić information content (AvgIpc) is 3.54. The number of fused-ring (bicyclic) bond motifs is 6. The van der Waals surface area contributed by atoms with Gasteiger partial charge in [0.25, 0.3) is 0 Å². The molecule has 1 aromatic carbocycles. The van der Waals surface area contributed by atoms with Gasteiger partial charge >= 0.3 is 5.63 Å². The van der Waals surface area contributed by atoms with Crippen LogP contribution in [0.25, 0.3) is 28.0 Å². The largest absolute Gasteiger partial charge is 0.437 e. The van der Waals surface area contributed by atoms with E-state index in [4.69, 9.17) is 14.1 Å². The topological polar surface area (TPSA) is 95.4 Å². The van der Waals surface area contributed by atoms with Gasteiger partial charge in [0.2, 0.25) is 5.88 Å². The summed E-state index contributed by atoms with van der Waals surface area (Å²) in [5.41, 5.74) is 2.49. The number of aromatic nitrogens is 5. The molecule has 0 aliphatic carbocycles. The quantitative estimate of drug-likeness (QED) is 0.353. The Balaban J connectivity index is 1.56. The van der Waals surface area contributed by atoms with E-state index in [-0.39, 0.29) is 0 Å². The van der Waals surface area contributed by atoms with Gasteiger partial charge < -0.3 is 9.15 Å². The van der Waals surface area contributed by atoms with E-state index < -0.39 is 11.5 Å². The highest BCUT2D eigenvalue weighted by atomic mass is 32.1. The van der Waals surface area contributed by atoms with E-state index in [1.54, 1.807) is 40.6 Å². The molecule has 0 fully saturated rings. The summed E-state index contributed by atoms with van der Waals surface area (Å²) in [6.45, 7) is 0. The lowest BCUT2D eigenvalue weighted by Crippen LogP contribution is -2.21. The fraction of sp³-hybridized carbons (Fsp3) is 0.0417. The minimum absolute atomic E-state index is 0.397. The van der Waals surface area contributed by atoms with E-state index >= 15 is 0 Å². The smallest absolute Gasteiger partial charge is 0.344 e. The maximum absolute atomic E-state index is 13.2. The molecule has 0 saturated heterocycles. The first-order chi connectivity index (χ1) is 16.3. The normalized spacial score (nSPS) is 14.7. The number of nitrogens with zero attached hydrogens (tertiary/aromatic N) is 5. The third-order valence-corrected chi connectivity index (χ3v) is 6.65. The van der Waals surface area contributed by atoms with Crippen LogP contribution in [-0.4, -0.2) is 24.6 Å². The predicted octanol–water partition coefficient (Wildman–Crippen LogP) is 4.64. The van der Waals surface area contributed by atoms with Gasteiger partial charge in [-0.2, -0.15) is 0 Å². The van der Waals surface area contributed by atoms with Crippen LogP contribution in [0.3, 0.4) is 0 Å². The Morgan fingerprint density at radius 3 is 2.82 bits per heavy atom. The van der Waals surface area contributed by atoms with Gasteiger partial charge in [-0.25, -0.2) is 19.3 Å². The van der Waals surface area contributed by atoms with Gasteiger partial charge in [0.15, 0.2) is 17.2 Å². The molecule has 158 valence electrons. The molecule has 5 aromatic heterocycles. The van der Waals surface area contributed by atoms with Crippen molar-refractivity contribution in [2.45, 2.75) is 5.92 Å². The summed E-state index contributed by atoms with van der Waals surface area (Å²) < 4.78 is 13.6. The lowest BCUT2D eigenvalue weighted by Gasteiger charge is -2.26. The predicted molar refractivity (Wildman–Crippen MR) is 122 cm³/mol. The summed E-state index contributed by atoms with van der Waals surface area (Å²) >= 11 is 1.55. The number of hydrogen-bond donors (Lipinski definition) is 0. The molecular weight excluding hydrogens is 438 g/mol. The maximum atomic E-state index is 13.2. The number of thiophene rings is 1. The molecule has 0 N–H and O–H groups in total. The SMILES string of the molecule is O=c1oc2ccccc2c2c1C(c1cccs1)c1c(ncn3nc(-c4cccnc4)nc13)O2. The first kappa shape index (κ1) is 18.2. The monoisotopic (exact) mass is 451 g/mol. The molecule has 1 atom stereocenters. The van der Waals surface area contributed by atoms with Crippen LogP contribution in [0, 0.1) is 0 Å². The molecular formula is C24H13N5O3S. The van der Waals surface area contributed by atoms with E-state index in [1.807, 2.05) is 47.8 Å². The van der Waals surface area contributed by atoms with Crippen molar-refractivity contribution in [1.82, 2.24) is 24.6 Å². The summed E-state index contributed by atoms with van der Waals surface area (Å²) in [7, 11) is 0. The van der Waals surface area contributed by atoms with Gasteiger partial charge in [-0.15, -0.1) is 16.4 Å². The Kier molecular flexibility index (Phi) is 3.76. The van der Waals surface area contributed by atoms with Crippen molar-refractivity contribution in [3.05, 3.63) is 99.1 Å². The van der Waals surface area contributed by atoms with Crippen LogP contribution in [0.4, 0.5) is 0 Å². The van der Waals surface area contributed by atoms with Crippen molar-refractivity contribution < 1.29 is 9.15 Å².